The van der Waals surface area contributed by atoms with Crippen LogP contribution in [0.4, 0.5) is 0 Å². The first kappa shape index (κ1) is 11.2. The predicted octanol–water partition coefficient (Wildman–Crippen LogP) is 3.42. The molecule has 1 nitrogen and oxygen atoms in total. The average molecular weight is 269 g/mol. The molecule has 0 spiro atoms. The van der Waals surface area contributed by atoms with E-state index >= 15 is 0 Å². The van der Waals surface area contributed by atoms with E-state index < -0.39 is 0 Å². The van der Waals surface area contributed by atoms with Crippen molar-refractivity contribution in [2.45, 2.75) is 32.6 Å². The van der Waals surface area contributed by atoms with Gasteiger partial charge in [0.1, 0.15) is 0 Å². The third kappa shape index (κ3) is 1.55. The average Bonchev–Trinajstić information content (AvgIpc) is 2.69. The number of halogens is 1. The van der Waals surface area contributed by atoms with Crippen molar-refractivity contribution in [1.29, 1.82) is 0 Å². The third-order valence-corrected chi connectivity index (χ3v) is 4.48. The van der Waals surface area contributed by atoms with Crippen LogP contribution in [-0.2, 0) is 5.41 Å². The first-order chi connectivity index (χ1) is 6.93. The number of hydrogen-bond donors (Lipinski definition) is 1. The lowest BCUT2D eigenvalue weighted by Gasteiger charge is -2.20. The van der Waals surface area contributed by atoms with Gasteiger partial charge in [0, 0.05) is 9.89 Å². The fourth-order valence-corrected chi connectivity index (χ4v) is 3.41. The maximum absolute atomic E-state index is 9.62. The van der Waals surface area contributed by atoms with E-state index in [0.717, 1.165) is 10.9 Å². The number of aryl methyl sites for hydroxylation is 1. The van der Waals surface area contributed by atoms with E-state index in [1.807, 2.05) is 0 Å². The summed E-state index contributed by atoms with van der Waals surface area (Å²) in [5, 5.41) is 9.62. The fraction of sp³-hybridized carbons (Fsp3) is 0.538. The zero-order chi connectivity index (χ0) is 11.3. The van der Waals surface area contributed by atoms with Crippen LogP contribution in [0, 0.1) is 12.3 Å². The minimum absolute atomic E-state index is 0.0282. The minimum Gasteiger partial charge on any atom is -0.395 e. The summed E-state index contributed by atoms with van der Waals surface area (Å²) >= 11 is 3.60. The molecule has 0 heterocycles. The second kappa shape index (κ2) is 3.33. The second-order valence-electron chi connectivity index (χ2n) is 5.28. The number of aliphatic hydroxyl groups is 1. The normalized spacial score (nSPS) is 27.8. The summed E-state index contributed by atoms with van der Waals surface area (Å²) in [4.78, 5) is 0. The Morgan fingerprint density at radius 1 is 1.40 bits per heavy atom. The van der Waals surface area contributed by atoms with Crippen LogP contribution in [-0.4, -0.2) is 11.7 Å². The molecular weight excluding hydrogens is 252 g/mol. The van der Waals surface area contributed by atoms with Crippen molar-refractivity contribution in [2.75, 3.05) is 6.61 Å². The van der Waals surface area contributed by atoms with Crippen molar-refractivity contribution in [3.05, 3.63) is 33.8 Å². The number of rotatable bonds is 2. The van der Waals surface area contributed by atoms with Crippen molar-refractivity contribution < 1.29 is 5.11 Å². The van der Waals surface area contributed by atoms with E-state index in [-0.39, 0.29) is 17.4 Å². The van der Waals surface area contributed by atoms with E-state index in [4.69, 9.17) is 0 Å². The molecule has 0 radical (unpaired) electrons. The van der Waals surface area contributed by atoms with E-state index in [1.165, 1.54) is 11.1 Å². The maximum Gasteiger partial charge on any atom is 0.0533 e. The lowest BCUT2D eigenvalue weighted by Crippen LogP contribution is -2.19. The SMILES string of the molecule is Cc1ccc(C2(CO)CC2(C)C)c(Br)c1. The van der Waals surface area contributed by atoms with Crippen molar-refractivity contribution in [2.24, 2.45) is 5.41 Å². The summed E-state index contributed by atoms with van der Waals surface area (Å²) in [6, 6.07) is 6.39. The van der Waals surface area contributed by atoms with Gasteiger partial charge in [-0.1, -0.05) is 41.9 Å². The largest absolute Gasteiger partial charge is 0.395 e. The van der Waals surface area contributed by atoms with Crippen molar-refractivity contribution in [3.63, 3.8) is 0 Å². The summed E-state index contributed by atoms with van der Waals surface area (Å²) in [6.07, 6.45) is 1.07. The summed E-state index contributed by atoms with van der Waals surface area (Å²) in [5.41, 5.74) is 2.69. The molecule has 0 bridgehead atoms. The summed E-state index contributed by atoms with van der Waals surface area (Å²) in [7, 11) is 0. The molecule has 82 valence electrons. The molecule has 1 atom stereocenters. The minimum atomic E-state index is -0.0282. The van der Waals surface area contributed by atoms with Crippen molar-refractivity contribution >= 4 is 15.9 Å². The van der Waals surface area contributed by atoms with Gasteiger partial charge in [-0.15, -0.1) is 0 Å². The molecule has 1 N–H and O–H groups in total. The lowest BCUT2D eigenvalue weighted by atomic mass is 9.88. The highest BCUT2D eigenvalue weighted by Gasteiger charge is 2.62. The van der Waals surface area contributed by atoms with Gasteiger partial charge in [0.2, 0.25) is 0 Å². The molecular formula is C13H17BrO. The Kier molecular flexibility index (Phi) is 2.47. The van der Waals surface area contributed by atoms with Crippen LogP contribution in [0.1, 0.15) is 31.4 Å². The molecule has 1 fully saturated rings. The molecule has 0 aliphatic heterocycles. The van der Waals surface area contributed by atoms with Gasteiger partial charge in [0.15, 0.2) is 0 Å². The number of hydrogen-bond acceptors (Lipinski definition) is 1. The molecule has 15 heavy (non-hydrogen) atoms. The molecule has 2 heteroatoms. The highest BCUT2D eigenvalue weighted by Crippen LogP contribution is 2.64. The topological polar surface area (TPSA) is 20.2 Å². The Hall–Kier alpha value is -0.340. The Bertz CT molecular complexity index is 398. The van der Waals surface area contributed by atoms with E-state index in [0.29, 0.717) is 0 Å². The molecule has 1 aliphatic carbocycles. The van der Waals surface area contributed by atoms with E-state index in [1.54, 1.807) is 0 Å². The van der Waals surface area contributed by atoms with Crippen LogP contribution in [0.15, 0.2) is 22.7 Å². The van der Waals surface area contributed by atoms with Crippen LogP contribution < -0.4 is 0 Å². The Balaban J connectivity index is 2.46. The monoisotopic (exact) mass is 268 g/mol. The molecule has 1 unspecified atom stereocenters. The zero-order valence-electron chi connectivity index (χ0n) is 9.47. The highest BCUT2D eigenvalue weighted by atomic mass is 79.9. The van der Waals surface area contributed by atoms with Gasteiger partial charge in [-0.3, -0.25) is 0 Å². The maximum atomic E-state index is 9.62. The molecule has 2 rings (SSSR count). The van der Waals surface area contributed by atoms with E-state index in [9.17, 15) is 5.11 Å². The van der Waals surface area contributed by atoms with Crippen LogP contribution in [0.3, 0.4) is 0 Å². The van der Waals surface area contributed by atoms with Gasteiger partial charge in [-0.05, 0) is 36.0 Å². The fourth-order valence-electron chi connectivity index (χ4n) is 2.53. The number of aliphatic hydroxyl groups excluding tert-OH is 1. The summed E-state index contributed by atoms with van der Waals surface area (Å²) in [6.45, 7) is 6.75. The van der Waals surface area contributed by atoms with Gasteiger partial charge >= 0.3 is 0 Å². The molecule has 1 saturated carbocycles. The van der Waals surface area contributed by atoms with E-state index in [2.05, 4.69) is 54.9 Å². The molecule has 0 aromatic heterocycles. The standard InChI is InChI=1S/C13H17BrO/c1-9-4-5-10(11(14)6-9)13(8-15)7-12(13,2)3/h4-6,15H,7-8H2,1-3H3. The third-order valence-electron chi connectivity index (χ3n) is 3.82. The van der Waals surface area contributed by atoms with Gasteiger partial charge in [-0.2, -0.15) is 0 Å². The predicted molar refractivity (Wildman–Crippen MR) is 66.0 cm³/mol. The van der Waals surface area contributed by atoms with Crippen molar-refractivity contribution in [1.82, 2.24) is 0 Å². The second-order valence-corrected chi connectivity index (χ2v) is 6.14. The Morgan fingerprint density at radius 2 is 2.00 bits per heavy atom. The van der Waals surface area contributed by atoms with Gasteiger partial charge in [0.05, 0.1) is 6.61 Å². The Labute approximate surface area is 99.6 Å². The lowest BCUT2D eigenvalue weighted by molar-refractivity contribution is 0.231. The first-order valence-electron chi connectivity index (χ1n) is 5.30. The molecule has 1 aromatic rings. The van der Waals surface area contributed by atoms with Gasteiger partial charge in [0.25, 0.3) is 0 Å². The van der Waals surface area contributed by atoms with Crippen molar-refractivity contribution in [3.8, 4) is 0 Å². The highest BCUT2D eigenvalue weighted by molar-refractivity contribution is 9.10. The molecule has 0 saturated heterocycles. The summed E-state index contributed by atoms with van der Waals surface area (Å²) < 4.78 is 1.13. The molecule has 1 aliphatic rings. The Morgan fingerprint density at radius 3 is 2.40 bits per heavy atom. The summed E-state index contributed by atoms with van der Waals surface area (Å²) in [5.74, 6) is 0. The first-order valence-corrected chi connectivity index (χ1v) is 6.10. The zero-order valence-corrected chi connectivity index (χ0v) is 11.1. The quantitative estimate of drug-likeness (QED) is 0.872. The van der Waals surface area contributed by atoms with Crippen LogP contribution in [0.5, 0.6) is 0 Å². The van der Waals surface area contributed by atoms with Crippen LogP contribution >= 0.6 is 15.9 Å². The van der Waals surface area contributed by atoms with Gasteiger partial charge in [-0.25, -0.2) is 0 Å². The smallest absolute Gasteiger partial charge is 0.0533 e. The molecule has 0 amide bonds. The van der Waals surface area contributed by atoms with Crippen LogP contribution in [0.2, 0.25) is 0 Å². The number of benzene rings is 1. The van der Waals surface area contributed by atoms with Gasteiger partial charge < -0.3 is 5.11 Å². The van der Waals surface area contributed by atoms with Crippen LogP contribution in [0.25, 0.3) is 0 Å². The molecule has 1 aromatic carbocycles.